The first-order valence-electron chi connectivity index (χ1n) is 8.02. The van der Waals surface area contributed by atoms with E-state index >= 15 is 0 Å². The highest BCUT2D eigenvalue weighted by Crippen LogP contribution is 2.10. The van der Waals surface area contributed by atoms with Crippen LogP contribution in [0.15, 0.2) is 30.3 Å². The van der Waals surface area contributed by atoms with E-state index in [2.05, 4.69) is 10.6 Å². The zero-order chi connectivity index (χ0) is 17.8. The first-order chi connectivity index (χ1) is 11.5. The molecule has 1 aromatic carbocycles. The van der Waals surface area contributed by atoms with Gasteiger partial charge in [0, 0.05) is 13.0 Å². The Morgan fingerprint density at radius 2 is 1.83 bits per heavy atom. The summed E-state index contributed by atoms with van der Waals surface area (Å²) < 4.78 is 4.94. The average molecular weight is 335 g/mol. The molecular formula is C17H25N3O4. The number of carbonyl (C=O) groups is 3. The molecule has 1 aromatic rings. The van der Waals surface area contributed by atoms with Crippen molar-refractivity contribution in [2.75, 3.05) is 13.2 Å². The third-order valence-corrected chi connectivity index (χ3v) is 3.40. The molecule has 1 rings (SSSR count). The lowest BCUT2D eigenvalue weighted by Crippen LogP contribution is -2.31. The normalized spacial score (nSPS) is 11.4. The van der Waals surface area contributed by atoms with E-state index in [1.165, 1.54) is 0 Å². The number of nitrogens with two attached hydrogens (primary N) is 1. The van der Waals surface area contributed by atoms with Crippen molar-refractivity contribution in [3.63, 3.8) is 0 Å². The van der Waals surface area contributed by atoms with Crippen molar-refractivity contribution in [1.82, 2.24) is 10.6 Å². The summed E-state index contributed by atoms with van der Waals surface area (Å²) in [4.78, 5) is 33.8. The molecule has 0 aromatic heterocycles. The van der Waals surface area contributed by atoms with Gasteiger partial charge in [-0.25, -0.2) is 4.79 Å². The molecule has 0 fully saturated rings. The van der Waals surface area contributed by atoms with Gasteiger partial charge in [-0.2, -0.15) is 0 Å². The molecule has 3 amide bonds. The number of rotatable bonds is 10. The van der Waals surface area contributed by atoms with Crippen LogP contribution in [0.25, 0.3) is 0 Å². The van der Waals surface area contributed by atoms with Gasteiger partial charge >= 0.3 is 12.0 Å². The van der Waals surface area contributed by atoms with Crippen LogP contribution in [0.1, 0.15) is 44.2 Å². The van der Waals surface area contributed by atoms with Gasteiger partial charge in [0.15, 0.2) is 6.61 Å². The maximum Gasteiger partial charge on any atom is 0.312 e. The van der Waals surface area contributed by atoms with Crippen molar-refractivity contribution in [3.8, 4) is 0 Å². The first kappa shape index (κ1) is 19.5. The molecule has 0 unspecified atom stereocenters. The Morgan fingerprint density at radius 1 is 1.12 bits per heavy atom. The summed E-state index contributed by atoms with van der Waals surface area (Å²) in [6, 6.07) is 8.85. The predicted molar refractivity (Wildman–Crippen MR) is 90.0 cm³/mol. The van der Waals surface area contributed by atoms with Gasteiger partial charge in [-0.05, 0) is 25.3 Å². The molecule has 4 N–H and O–H groups in total. The molecule has 0 aliphatic rings. The van der Waals surface area contributed by atoms with Crippen molar-refractivity contribution >= 4 is 17.9 Å². The number of carbonyl (C=O) groups excluding carboxylic acids is 3. The molecule has 0 bridgehead atoms. The van der Waals surface area contributed by atoms with E-state index in [-0.39, 0.29) is 25.0 Å². The van der Waals surface area contributed by atoms with Crippen LogP contribution in [-0.2, 0) is 14.3 Å². The maximum absolute atomic E-state index is 11.8. The quantitative estimate of drug-likeness (QED) is 0.446. The van der Waals surface area contributed by atoms with Crippen molar-refractivity contribution in [2.24, 2.45) is 5.73 Å². The van der Waals surface area contributed by atoms with Gasteiger partial charge in [0.05, 0.1) is 6.04 Å². The van der Waals surface area contributed by atoms with E-state index in [9.17, 15) is 14.4 Å². The lowest BCUT2D eigenvalue weighted by atomic mass is 10.1. The molecule has 0 radical (unpaired) electrons. The molecule has 0 heterocycles. The molecule has 0 saturated heterocycles. The van der Waals surface area contributed by atoms with Crippen LogP contribution in [0.4, 0.5) is 4.79 Å². The number of unbranched alkanes of at least 4 members (excludes halogenated alkanes) is 2. The Kier molecular flexibility index (Phi) is 8.96. The Hall–Kier alpha value is -2.57. The Morgan fingerprint density at radius 3 is 2.50 bits per heavy atom. The van der Waals surface area contributed by atoms with Crippen molar-refractivity contribution < 1.29 is 19.1 Å². The van der Waals surface area contributed by atoms with Gasteiger partial charge < -0.3 is 21.1 Å². The zero-order valence-electron chi connectivity index (χ0n) is 13.9. The molecule has 0 aliphatic heterocycles. The molecular weight excluding hydrogens is 310 g/mol. The predicted octanol–water partition coefficient (Wildman–Crippen LogP) is 1.64. The maximum atomic E-state index is 11.8. The number of hydrogen-bond acceptors (Lipinski definition) is 4. The number of hydrogen-bond donors (Lipinski definition) is 3. The second-order valence-electron chi connectivity index (χ2n) is 5.46. The summed E-state index contributed by atoms with van der Waals surface area (Å²) in [5.41, 5.74) is 5.92. The van der Waals surface area contributed by atoms with Crippen molar-refractivity contribution in [2.45, 2.75) is 38.6 Å². The van der Waals surface area contributed by atoms with Crippen LogP contribution >= 0.6 is 0 Å². The first-order valence-corrected chi connectivity index (χ1v) is 8.02. The number of benzene rings is 1. The van der Waals surface area contributed by atoms with Gasteiger partial charge in [0.1, 0.15) is 0 Å². The zero-order valence-corrected chi connectivity index (χ0v) is 13.9. The second-order valence-corrected chi connectivity index (χ2v) is 5.46. The number of amides is 3. The molecule has 132 valence electrons. The molecule has 0 saturated carbocycles. The van der Waals surface area contributed by atoms with Crippen LogP contribution in [0, 0.1) is 0 Å². The monoisotopic (exact) mass is 335 g/mol. The highest BCUT2D eigenvalue weighted by atomic mass is 16.5. The lowest BCUT2D eigenvalue weighted by Gasteiger charge is -2.14. The van der Waals surface area contributed by atoms with Crippen LogP contribution in [0.5, 0.6) is 0 Å². The largest absolute Gasteiger partial charge is 0.456 e. The van der Waals surface area contributed by atoms with Gasteiger partial charge in [-0.3, -0.25) is 9.59 Å². The van der Waals surface area contributed by atoms with Gasteiger partial charge in [0.25, 0.3) is 5.91 Å². The summed E-state index contributed by atoms with van der Waals surface area (Å²) >= 11 is 0. The fourth-order valence-electron chi connectivity index (χ4n) is 2.11. The van der Waals surface area contributed by atoms with E-state index in [1.807, 2.05) is 37.3 Å². The molecule has 0 aliphatic carbocycles. The standard InChI is InChI=1S/C17H25N3O4/c1-13(14-8-4-2-5-9-14)20-15(21)12-24-16(22)10-6-3-7-11-19-17(18)23/h2,4-5,8-9,13H,3,6-7,10-12H2,1H3,(H,20,21)(H3,18,19,23)/t13-/m1/s1. The van der Waals surface area contributed by atoms with E-state index in [0.717, 1.165) is 18.4 Å². The van der Waals surface area contributed by atoms with E-state index in [0.29, 0.717) is 13.0 Å². The minimum absolute atomic E-state index is 0.143. The summed E-state index contributed by atoms with van der Waals surface area (Å²) in [5.74, 6) is -0.731. The van der Waals surface area contributed by atoms with E-state index < -0.39 is 12.0 Å². The summed E-state index contributed by atoms with van der Waals surface area (Å²) in [6.07, 6.45) is 2.40. The van der Waals surface area contributed by atoms with Crippen molar-refractivity contribution in [1.29, 1.82) is 0 Å². The van der Waals surface area contributed by atoms with Crippen LogP contribution in [0.3, 0.4) is 0 Å². The van der Waals surface area contributed by atoms with Crippen LogP contribution in [-0.4, -0.2) is 31.1 Å². The van der Waals surface area contributed by atoms with Crippen LogP contribution < -0.4 is 16.4 Å². The van der Waals surface area contributed by atoms with Crippen LogP contribution in [0.2, 0.25) is 0 Å². The number of nitrogens with one attached hydrogen (secondary N) is 2. The second kappa shape index (κ2) is 11.0. The Bertz CT molecular complexity index is 534. The molecule has 7 heteroatoms. The van der Waals surface area contributed by atoms with Gasteiger partial charge in [-0.15, -0.1) is 0 Å². The van der Waals surface area contributed by atoms with Gasteiger partial charge in [0.2, 0.25) is 0 Å². The third-order valence-electron chi connectivity index (χ3n) is 3.40. The fraction of sp³-hybridized carbons (Fsp3) is 0.471. The minimum Gasteiger partial charge on any atom is -0.456 e. The highest BCUT2D eigenvalue weighted by Gasteiger charge is 2.11. The SMILES string of the molecule is C[C@@H](NC(=O)COC(=O)CCCCCNC(N)=O)c1ccccc1. The van der Waals surface area contributed by atoms with Crippen molar-refractivity contribution in [3.05, 3.63) is 35.9 Å². The Labute approximate surface area is 141 Å². The molecule has 0 spiro atoms. The molecule has 7 nitrogen and oxygen atoms in total. The summed E-state index contributed by atoms with van der Waals surface area (Å²) in [5, 5.41) is 5.25. The molecule has 1 atom stereocenters. The third kappa shape index (κ3) is 8.77. The average Bonchev–Trinajstić information content (AvgIpc) is 2.56. The summed E-state index contributed by atoms with van der Waals surface area (Å²) in [6.45, 7) is 2.08. The number of primary amides is 1. The number of ether oxygens (including phenoxy) is 1. The van der Waals surface area contributed by atoms with Gasteiger partial charge in [-0.1, -0.05) is 36.8 Å². The topological polar surface area (TPSA) is 111 Å². The number of esters is 1. The van der Waals surface area contributed by atoms with E-state index in [1.54, 1.807) is 0 Å². The fourth-order valence-corrected chi connectivity index (χ4v) is 2.11. The molecule has 24 heavy (non-hydrogen) atoms. The number of urea groups is 1. The Balaban J connectivity index is 2.11. The van der Waals surface area contributed by atoms with E-state index in [4.69, 9.17) is 10.5 Å². The minimum atomic E-state index is -0.551. The highest BCUT2D eigenvalue weighted by molar-refractivity contribution is 5.80. The smallest absolute Gasteiger partial charge is 0.312 e. The summed E-state index contributed by atoms with van der Waals surface area (Å²) in [7, 11) is 0. The lowest BCUT2D eigenvalue weighted by molar-refractivity contribution is -0.148.